The van der Waals surface area contributed by atoms with Crippen LogP contribution in [-0.2, 0) is 27.3 Å². The number of nitrogen functional groups attached to an aromatic ring is 1. The maximum Gasteiger partial charge on any atom is 0.330 e. The number of carbonyl (C=O) groups is 2. The first kappa shape index (κ1) is 25.7. The molecule has 0 radical (unpaired) electrons. The maximum absolute atomic E-state index is 13.0. The normalized spacial score (nSPS) is 10.9. The zero-order valence-electron chi connectivity index (χ0n) is 20.1. The molecule has 0 saturated heterocycles. The largest absolute Gasteiger partial charge is 0.456 e. The zero-order valence-corrected chi connectivity index (χ0v) is 20.1. The topological polar surface area (TPSA) is 140 Å². The average molecular weight is 482 g/mol. The van der Waals surface area contributed by atoms with E-state index in [0.29, 0.717) is 25.8 Å². The van der Waals surface area contributed by atoms with Crippen LogP contribution < -0.4 is 21.9 Å². The summed E-state index contributed by atoms with van der Waals surface area (Å²) in [5, 5.41) is 1.01. The SMILES string of the molecule is CCCCN(C(=O)COC(=O)CCc1ccc2ccccc2n1)c1c(N)n(CCC)c(=O)[nH]c1=O. The summed E-state index contributed by atoms with van der Waals surface area (Å²) in [6.07, 6.45) is 2.39. The molecule has 0 spiro atoms. The number of aromatic nitrogens is 3. The first-order valence-corrected chi connectivity index (χ1v) is 11.8. The molecule has 0 fully saturated rings. The molecule has 10 heteroatoms. The first-order chi connectivity index (χ1) is 16.8. The number of H-pyrrole nitrogens is 1. The Morgan fingerprint density at radius 3 is 2.63 bits per heavy atom. The Balaban J connectivity index is 1.68. The zero-order chi connectivity index (χ0) is 25.4. The summed E-state index contributed by atoms with van der Waals surface area (Å²) >= 11 is 0. The van der Waals surface area contributed by atoms with Gasteiger partial charge in [-0.1, -0.05) is 44.5 Å². The fourth-order valence-corrected chi connectivity index (χ4v) is 3.73. The van der Waals surface area contributed by atoms with Gasteiger partial charge < -0.3 is 15.4 Å². The predicted octanol–water partition coefficient (Wildman–Crippen LogP) is 2.39. The van der Waals surface area contributed by atoms with Gasteiger partial charge in [-0.25, -0.2) is 4.79 Å². The van der Waals surface area contributed by atoms with E-state index in [1.165, 1.54) is 9.47 Å². The van der Waals surface area contributed by atoms with Crippen LogP contribution in [0.25, 0.3) is 10.9 Å². The Labute approximate surface area is 202 Å². The Bertz CT molecular complexity index is 1310. The Hall–Kier alpha value is -3.95. The molecular formula is C25H31N5O5. The number of aryl methyl sites for hydroxylation is 1. The second-order valence-electron chi connectivity index (χ2n) is 8.20. The summed E-state index contributed by atoms with van der Waals surface area (Å²) < 4.78 is 6.42. The van der Waals surface area contributed by atoms with E-state index in [-0.39, 0.29) is 24.5 Å². The van der Waals surface area contributed by atoms with Crippen LogP contribution in [0.5, 0.6) is 0 Å². The maximum atomic E-state index is 13.0. The lowest BCUT2D eigenvalue weighted by molar-refractivity contribution is -0.147. The van der Waals surface area contributed by atoms with Crippen LogP contribution in [0.1, 0.15) is 45.2 Å². The molecule has 0 aliphatic rings. The van der Waals surface area contributed by atoms with Gasteiger partial charge in [0.2, 0.25) is 0 Å². The number of carbonyl (C=O) groups excluding carboxylic acids is 2. The monoisotopic (exact) mass is 481 g/mol. The highest BCUT2D eigenvalue weighted by Gasteiger charge is 2.24. The summed E-state index contributed by atoms with van der Waals surface area (Å²) in [6, 6.07) is 11.5. The number of unbranched alkanes of at least 4 members (excludes halogenated alkanes) is 1. The molecule has 186 valence electrons. The molecule has 0 aliphatic carbocycles. The second kappa shape index (κ2) is 12.0. The first-order valence-electron chi connectivity index (χ1n) is 11.8. The van der Waals surface area contributed by atoms with Crippen LogP contribution in [0, 0.1) is 0 Å². The van der Waals surface area contributed by atoms with Crippen molar-refractivity contribution in [1.29, 1.82) is 0 Å². The molecule has 3 rings (SSSR count). The molecule has 0 saturated carbocycles. The molecule has 0 aliphatic heterocycles. The summed E-state index contributed by atoms with van der Waals surface area (Å²) in [5.74, 6) is -1.23. The van der Waals surface area contributed by atoms with Crippen molar-refractivity contribution in [3.05, 3.63) is 62.9 Å². The summed E-state index contributed by atoms with van der Waals surface area (Å²) in [4.78, 5) is 57.9. The van der Waals surface area contributed by atoms with E-state index in [0.717, 1.165) is 23.0 Å². The summed E-state index contributed by atoms with van der Waals surface area (Å²) in [6.45, 7) is 3.76. The van der Waals surface area contributed by atoms with Crippen molar-refractivity contribution in [1.82, 2.24) is 14.5 Å². The van der Waals surface area contributed by atoms with Crippen molar-refractivity contribution in [3.63, 3.8) is 0 Å². The minimum absolute atomic E-state index is 0.0533. The Kier molecular flexibility index (Phi) is 8.77. The van der Waals surface area contributed by atoms with E-state index in [1.807, 2.05) is 50.2 Å². The number of fused-ring (bicyclic) bond motifs is 1. The number of ether oxygens (including phenoxy) is 1. The molecule has 3 N–H and O–H groups in total. The number of pyridine rings is 1. The predicted molar refractivity (Wildman–Crippen MR) is 134 cm³/mol. The number of rotatable bonds is 11. The van der Waals surface area contributed by atoms with E-state index in [2.05, 4.69) is 9.97 Å². The Morgan fingerprint density at radius 2 is 1.89 bits per heavy atom. The van der Waals surface area contributed by atoms with Gasteiger partial charge in [0.1, 0.15) is 5.82 Å². The minimum Gasteiger partial charge on any atom is -0.456 e. The van der Waals surface area contributed by atoms with E-state index >= 15 is 0 Å². The third-order valence-corrected chi connectivity index (χ3v) is 5.57. The van der Waals surface area contributed by atoms with Gasteiger partial charge in [0, 0.05) is 30.6 Å². The van der Waals surface area contributed by atoms with Gasteiger partial charge in [-0.15, -0.1) is 0 Å². The molecule has 0 atom stereocenters. The highest BCUT2D eigenvalue weighted by molar-refractivity contribution is 5.97. The number of anilines is 2. The summed E-state index contributed by atoms with van der Waals surface area (Å²) in [5.41, 5.74) is 6.22. The van der Waals surface area contributed by atoms with E-state index in [9.17, 15) is 19.2 Å². The van der Waals surface area contributed by atoms with Crippen molar-refractivity contribution in [2.75, 3.05) is 23.8 Å². The fourth-order valence-electron chi connectivity index (χ4n) is 3.73. The van der Waals surface area contributed by atoms with E-state index in [4.69, 9.17) is 10.5 Å². The molecule has 0 bridgehead atoms. The number of nitrogens with two attached hydrogens (primary N) is 1. The third kappa shape index (κ3) is 6.34. The lowest BCUT2D eigenvalue weighted by atomic mass is 10.1. The minimum atomic E-state index is -0.752. The molecule has 0 unspecified atom stereocenters. The highest BCUT2D eigenvalue weighted by Crippen LogP contribution is 2.18. The number of hydrogen-bond acceptors (Lipinski definition) is 7. The number of aromatic amines is 1. The fraction of sp³-hybridized carbons (Fsp3) is 0.400. The number of amides is 1. The van der Waals surface area contributed by atoms with Crippen LogP contribution >= 0.6 is 0 Å². The summed E-state index contributed by atoms with van der Waals surface area (Å²) in [7, 11) is 0. The Morgan fingerprint density at radius 1 is 1.11 bits per heavy atom. The molecule has 1 amide bonds. The van der Waals surface area contributed by atoms with Gasteiger partial charge in [0.05, 0.1) is 11.9 Å². The number of esters is 1. The van der Waals surface area contributed by atoms with Gasteiger partial charge in [-0.3, -0.25) is 28.9 Å². The van der Waals surface area contributed by atoms with Crippen molar-refractivity contribution in [3.8, 4) is 0 Å². The van der Waals surface area contributed by atoms with Gasteiger partial charge in [-0.2, -0.15) is 0 Å². The van der Waals surface area contributed by atoms with E-state index < -0.39 is 29.7 Å². The van der Waals surface area contributed by atoms with Crippen molar-refractivity contribution < 1.29 is 14.3 Å². The molecule has 10 nitrogen and oxygen atoms in total. The number of hydrogen-bond donors (Lipinski definition) is 2. The van der Waals surface area contributed by atoms with Crippen LogP contribution in [0.3, 0.4) is 0 Å². The lowest BCUT2D eigenvalue weighted by Gasteiger charge is -2.24. The van der Waals surface area contributed by atoms with Crippen LogP contribution in [0.2, 0.25) is 0 Å². The standard InChI is InChI=1S/C25H31N5O5/c1-3-5-15-29(22-23(26)30(14-4-2)25(34)28-24(22)33)20(31)16-35-21(32)13-12-18-11-10-17-8-6-7-9-19(17)27-18/h6-11H,3-5,12-16,26H2,1-2H3,(H,28,33,34). The van der Waals surface area contributed by atoms with E-state index in [1.54, 1.807) is 0 Å². The smallest absolute Gasteiger partial charge is 0.330 e. The van der Waals surface area contributed by atoms with Crippen LogP contribution in [0.15, 0.2) is 46.0 Å². The van der Waals surface area contributed by atoms with Gasteiger partial charge >= 0.3 is 11.7 Å². The number of para-hydroxylation sites is 1. The highest BCUT2D eigenvalue weighted by atomic mass is 16.5. The third-order valence-electron chi connectivity index (χ3n) is 5.57. The average Bonchev–Trinajstić information content (AvgIpc) is 2.85. The molecular weight excluding hydrogens is 450 g/mol. The van der Waals surface area contributed by atoms with Gasteiger partial charge in [0.25, 0.3) is 11.5 Å². The van der Waals surface area contributed by atoms with Gasteiger partial charge in [0.15, 0.2) is 12.3 Å². The van der Waals surface area contributed by atoms with Crippen molar-refractivity contribution >= 4 is 34.3 Å². The van der Waals surface area contributed by atoms with Crippen LogP contribution in [0.4, 0.5) is 11.5 Å². The van der Waals surface area contributed by atoms with Crippen molar-refractivity contribution in [2.45, 2.75) is 52.5 Å². The van der Waals surface area contributed by atoms with Gasteiger partial charge in [-0.05, 0) is 25.0 Å². The molecule has 2 aromatic heterocycles. The molecule has 3 aromatic rings. The number of benzene rings is 1. The lowest BCUT2D eigenvalue weighted by Crippen LogP contribution is -2.43. The van der Waals surface area contributed by atoms with Crippen LogP contribution in [-0.4, -0.2) is 39.6 Å². The number of nitrogens with zero attached hydrogens (tertiary/aromatic N) is 3. The molecule has 2 heterocycles. The molecule has 35 heavy (non-hydrogen) atoms. The quantitative estimate of drug-likeness (QED) is 0.401. The molecule has 1 aromatic carbocycles. The van der Waals surface area contributed by atoms with Crippen molar-refractivity contribution in [2.24, 2.45) is 0 Å². The number of nitrogens with one attached hydrogen (secondary N) is 1. The second-order valence-corrected chi connectivity index (χ2v) is 8.20.